The van der Waals surface area contributed by atoms with Gasteiger partial charge >= 0.3 is 0 Å². The van der Waals surface area contributed by atoms with Crippen molar-refractivity contribution in [2.75, 3.05) is 26.8 Å². The van der Waals surface area contributed by atoms with Crippen molar-refractivity contribution in [3.63, 3.8) is 0 Å². The maximum absolute atomic E-state index is 5.03. The molecule has 2 nitrogen and oxygen atoms in total. The number of hydrogen-bond donors (Lipinski definition) is 1. The van der Waals surface area contributed by atoms with Crippen LogP contribution in [0.4, 0.5) is 0 Å². The van der Waals surface area contributed by atoms with Gasteiger partial charge in [0.25, 0.3) is 0 Å². The highest BCUT2D eigenvalue weighted by Gasteiger charge is 2.18. The average molecular weight is 348 g/mol. The molecule has 0 saturated heterocycles. The lowest BCUT2D eigenvalue weighted by molar-refractivity contribution is 0.197. The van der Waals surface area contributed by atoms with Gasteiger partial charge in [-0.05, 0) is 65.7 Å². The summed E-state index contributed by atoms with van der Waals surface area (Å²) in [7, 11) is 1.74. The maximum atomic E-state index is 5.03. The van der Waals surface area contributed by atoms with Gasteiger partial charge < -0.3 is 10.1 Å². The van der Waals surface area contributed by atoms with Crippen molar-refractivity contribution < 1.29 is 4.74 Å². The summed E-state index contributed by atoms with van der Waals surface area (Å²) in [4.78, 5) is 1.45. The predicted molar refractivity (Wildman–Crippen MR) is 88.2 cm³/mol. The van der Waals surface area contributed by atoms with E-state index in [0.717, 1.165) is 19.7 Å². The van der Waals surface area contributed by atoms with Crippen molar-refractivity contribution in [2.24, 2.45) is 5.41 Å². The highest BCUT2D eigenvalue weighted by Crippen LogP contribution is 2.31. The summed E-state index contributed by atoms with van der Waals surface area (Å²) in [6.07, 6.45) is 3.63. The molecule has 0 aromatic carbocycles. The number of halogens is 1. The second kappa shape index (κ2) is 8.40. The summed E-state index contributed by atoms with van der Waals surface area (Å²) in [5, 5.41) is 3.43. The van der Waals surface area contributed by atoms with Crippen LogP contribution in [0.3, 0.4) is 0 Å². The molecule has 1 aromatic rings. The Kier molecular flexibility index (Phi) is 7.58. The minimum Gasteiger partial charge on any atom is -0.383 e. The number of hydrogen-bond acceptors (Lipinski definition) is 3. The highest BCUT2D eigenvalue weighted by atomic mass is 79.9. The van der Waals surface area contributed by atoms with E-state index in [1.165, 1.54) is 33.5 Å². The minimum absolute atomic E-state index is 0.390. The van der Waals surface area contributed by atoms with Crippen LogP contribution < -0.4 is 5.32 Å². The lowest BCUT2D eigenvalue weighted by Crippen LogP contribution is -2.25. The summed E-state index contributed by atoms with van der Waals surface area (Å²) >= 11 is 5.40. The third-order valence-corrected chi connectivity index (χ3v) is 5.12. The van der Waals surface area contributed by atoms with Gasteiger partial charge in [-0.3, -0.25) is 0 Å². The Hall–Kier alpha value is 0.1000. The van der Waals surface area contributed by atoms with Gasteiger partial charge in [0, 0.05) is 18.5 Å². The molecule has 19 heavy (non-hydrogen) atoms. The van der Waals surface area contributed by atoms with Crippen LogP contribution in [0.2, 0.25) is 0 Å². The molecule has 1 N–H and O–H groups in total. The van der Waals surface area contributed by atoms with Gasteiger partial charge in [-0.15, -0.1) is 11.3 Å². The molecule has 0 aliphatic carbocycles. The molecule has 0 aliphatic rings. The molecular weight excluding hydrogens is 322 g/mol. The van der Waals surface area contributed by atoms with E-state index in [0.29, 0.717) is 5.41 Å². The highest BCUT2D eigenvalue weighted by molar-refractivity contribution is 9.11. The van der Waals surface area contributed by atoms with E-state index in [2.05, 4.69) is 48.1 Å². The van der Waals surface area contributed by atoms with Gasteiger partial charge in [0.15, 0.2) is 0 Å². The summed E-state index contributed by atoms with van der Waals surface area (Å²) in [6.45, 7) is 9.75. The van der Waals surface area contributed by atoms with Crippen molar-refractivity contribution in [1.82, 2.24) is 5.32 Å². The molecule has 0 saturated carbocycles. The first kappa shape index (κ1) is 17.2. The largest absolute Gasteiger partial charge is 0.383 e. The van der Waals surface area contributed by atoms with E-state index in [1.54, 1.807) is 7.11 Å². The van der Waals surface area contributed by atoms with Crippen LogP contribution in [0.15, 0.2) is 9.85 Å². The zero-order valence-corrected chi connectivity index (χ0v) is 14.9. The fourth-order valence-electron chi connectivity index (χ4n) is 2.05. The third kappa shape index (κ3) is 6.89. The molecule has 0 radical (unpaired) electrons. The first-order chi connectivity index (χ1) is 8.94. The number of methoxy groups -OCH3 is 1. The van der Waals surface area contributed by atoms with Gasteiger partial charge in [0.05, 0.1) is 10.4 Å². The Bertz CT molecular complexity index is 376. The van der Waals surface area contributed by atoms with E-state index in [4.69, 9.17) is 4.74 Å². The topological polar surface area (TPSA) is 21.3 Å². The van der Waals surface area contributed by atoms with Crippen LogP contribution in [-0.2, 0) is 11.2 Å². The molecule has 1 heterocycles. The number of thiophene rings is 1. The molecule has 1 aromatic heterocycles. The van der Waals surface area contributed by atoms with Crippen molar-refractivity contribution in [3.8, 4) is 0 Å². The van der Waals surface area contributed by atoms with Crippen molar-refractivity contribution >= 4 is 27.3 Å². The lowest BCUT2D eigenvalue weighted by Gasteiger charge is -2.24. The van der Waals surface area contributed by atoms with E-state index in [1.807, 2.05) is 11.3 Å². The smallest absolute Gasteiger partial charge is 0.0704 e. The Morgan fingerprint density at radius 2 is 2.05 bits per heavy atom. The summed E-state index contributed by atoms with van der Waals surface area (Å²) in [6, 6.07) is 2.27. The molecule has 0 amide bonds. The fourth-order valence-corrected chi connectivity index (χ4v) is 3.84. The zero-order valence-electron chi connectivity index (χ0n) is 12.5. The number of aryl methyl sites for hydroxylation is 2. The monoisotopic (exact) mass is 347 g/mol. The second-order valence-electron chi connectivity index (χ2n) is 5.79. The van der Waals surface area contributed by atoms with Crippen molar-refractivity contribution in [3.05, 3.63) is 20.3 Å². The Balaban J connectivity index is 2.28. The van der Waals surface area contributed by atoms with Gasteiger partial charge in [-0.2, -0.15) is 0 Å². The summed E-state index contributed by atoms with van der Waals surface area (Å²) < 4.78 is 6.28. The molecule has 0 fully saturated rings. The lowest BCUT2D eigenvalue weighted by atomic mass is 9.83. The van der Waals surface area contributed by atoms with Crippen LogP contribution in [-0.4, -0.2) is 26.8 Å². The number of ether oxygens (including phenoxy) is 1. The molecule has 0 atom stereocenters. The van der Waals surface area contributed by atoms with Crippen LogP contribution in [0.1, 0.15) is 37.1 Å². The van der Waals surface area contributed by atoms with Gasteiger partial charge in [0.2, 0.25) is 0 Å². The normalized spacial score (nSPS) is 12.1. The quantitative estimate of drug-likeness (QED) is 0.668. The van der Waals surface area contributed by atoms with Crippen LogP contribution in [0, 0.1) is 12.3 Å². The first-order valence-corrected chi connectivity index (χ1v) is 8.50. The van der Waals surface area contributed by atoms with E-state index in [-0.39, 0.29) is 0 Å². The van der Waals surface area contributed by atoms with Crippen LogP contribution in [0.25, 0.3) is 0 Å². The Morgan fingerprint density at radius 1 is 1.32 bits per heavy atom. The van der Waals surface area contributed by atoms with Crippen LogP contribution >= 0.6 is 27.3 Å². The third-order valence-electron chi connectivity index (χ3n) is 3.52. The molecule has 0 bridgehead atoms. The van der Waals surface area contributed by atoms with E-state index < -0.39 is 0 Å². The molecule has 110 valence electrons. The summed E-state index contributed by atoms with van der Waals surface area (Å²) in [5.41, 5.74) is 1.89. The zero-order chi connectivity index (χ0) is 14.3. The standard InChI is InChI=1S/C15H26BrNOS/c1-12-13(11-14(16)19-12)5-6-15(2,3)7-8-17-9-10-18-4/h11,17H,5-10H2,1-4H3. The Labute approximate surface area is 130 Å². The van der Waals surface area contributed by atoms with Crippen LogP contribution in [0.5, 0.6) is 0 Å². The van der Waals surface area contributed by atoms with Crippen molar-refractivity contribution in [1.29, 1.82) is 0 Å². The van der Waals surface area contributed by atoms with Crippen molar-refractivity contribution in [2.45, 2.75) is 40.0 Å². The predicted octanol–water partition coefficient (Wildman–Crippen LogP) is 4.40. The van der Waals surface area contributed by atoms with Gasteiger partial charge in [-0.1, -0.05) is 13.8 Å². The first-order valence-electron chi connectivity index (χ1n) is 6.89. The molecule has 4 heteroatoms. The Morgan fingerprint density at radius 3 is 2.63 bits per heavy atom. The average Bonchev–Trinajstić information content (AvgIpc) is 2.65. The molecule has 1 rings (SSSR count). The molecule has 0 spiro atoms. The summed E-state index contributed by atoms with van der Waals surface area (Å²) in [5.74, 6) is 0. The minimum atomic E-state index is 0.390. The molecule has 0 unspecified atom stereocenters. The molecular formula is C15H26BrNOS. The van der Waals surface area contributed by atoms with E-state index in [9.17, 15) is 0 Å². The fraction of sp³-hybridized carbons (Fsp3) is 0.733. The molecule has 0 aliphatic heterocycles. The number of rotatable bonds is 9. The van der Waals surface area contributed by atoms with Gasteiger partial charge in [0.1, 0.15) is 0 Å². The maximum Gasteiger partial charge on any atom is 0.0704 e. The second-order valence-corrected chi connectivity index (χ2v) is 8.42. The SMILES string of the molecule is COCCNCCC(C)(C)CCc1cc(Br)sc1C. The van der Waals surface area contributed by atoms with Gasteiger partial charge in [-0.25, -0.2) is 0 Å². The number of nitrogens with one attached hydrogen (secondary N) is 1. The van der Waals surface area contributed by atoms with E-state index >= 15 is 0 Å².